The smallest absolute Gasteiger partial charge is 0.325 e. The summed E-state index contributed by atoms with van der Waals surface area (Å²) in [7, 11) is 0. The number of likely N-dealkylation sites (tertiary alicyclic amines) is 1. The molecule has 0 N–H and O–H groups in total. The molecular formula is C21H23FN6O2. The minimum atomic E-state index is -0.390. The largest absolute Gasteiger partial charge is 0.332 e. The number of aromatic nitrogens is 4. The normalized spacial score (nSPS) is 18.1. The Hall–Kier alpha value is -3.23. The Labute approximate surface area is 173 Å². The van der Waals surface area contributed by atoms with Crippen molar-refractivity contribution in [2.75, 3.05) is 18.0 Å². The highest BCUT2D eigenvalue weighted by molar-refractivity contribution is 5.96. The van der Waals surface area contributed by atoms with Gasteiger partial charge in [-0.2, -0.15) is 4.98 Å². The van der Waals surface area contributed by atoms with E-state index in [9.17, 15) is 9.18 Å². The molecule has 1 unspecified atom stereocenters. The molecule has 0 bridgehead atoms. The molecule has 1 atom stereocenters. The van der Waals surface area contributed by atoms with Crippen molar-refractivity contribution in [1.82, 2.24) is 24.6 Å². The van der Waals surface area contributed by atoms with E-state index >= 15 is 0 Å². The summed E-state index contributed by atoms with van der Waals surface area (Å²) in [6, 6.07) is 3.95. The molecule has 0 radical (unpaired) electrons. The number of fused-ring (bicyclic) bond motifs is 3. The Kier molecular flexibility index (Phi) is 4.34. The Morgan fingerprint density at radius 3 is 2.70 bits per heavy atom. The molecule has 2 amide bonds. The van der Waals surface area contributed by atoms with Gasteiger partial charge in [0.2, 0.25) is 0 Å². The SMILES string of the molecule is CC(C)c1noc(-c2ncn3c2C(C)N(C(=O)N2CCCC2)c2cc(F)ccc2-3)n1. The predicted molar refractivity (Wildman–Crippen MR) is 108 cm³/mol. The highest BCUT2D eigenvalue weighted by atomic mass is 19.1. The lowest BCUT2D eigenvalue weighted by Crippen LogP contribution is -2.45. The molecule has 2 aliphatic heterocycles. The van der Waals surface area contributed by atoms with E-state index in [4.69, 9.17) is 4.52 Å². The zero-order chi connectivity index (χ0) is 21.0. The van der Waals surface area contributed by atoms with Gasteiger partial charge in [-0.15, -0.1) is 0 Å². The number of halogens is 1. The first-order valence-corrected chi connectivity index (χ1v) is 10.2. The predicted octanol–water partition coefficient (Wildman–Crippen LogP) is 4.28. The van der Waals surface area contributed by atoms with Gasteiger partial charge in [-0.05, 0) is 38.0 Å². The molecule has 1 aromatic carbocycles. The van der Waals surface area contributed by atoms with Gasteiger partial charge in [0.1, 0.15) is 12.1 Å². The van der Waals surface area contributed by atoms with Crippen molar-refractivity contribution >= 4 is 11.7 Å². The van der Waals surface area contributed by atoms with Crippen LogP contribution < -0.4 is 4.90 Å². The first kappa shape index (κ1) is 18.8. The number of hydrogen-bond acceptors (Lipinski definition) is 5. The number of nitrogens with zero attached hydrogens (tertiary/aromatic N) is 6. The summed E-state index contributed by atoms with van der Waals surface area (Å²) in [4.78, 5) is 25.9. The van der Waals surface area contributed by atoms with Crippen molar-refractivity contribution in [3.63, 3.8) is 0 Å². The molecule has 4 heterocycles. The van der Waals surface area contributed by atoms with Gasteiger partial charge in [-0.25, -0.2) is 14.2 Å². The van der Waals surface area contributed by atoms with Crippen LogP contribution in [0.25, 0.3) is 17.3 Å². The van der Waals surface area contributed by atoms with Crippen LogP contribution in [0.4, 0.5) is 14.9 Å². The molecule has 5 rings (SSSR count). The van der Waals surface area contributed by atoms with Gasteiger partial charge in [0, 0.05) is 19.0 Å². The Morgan fingerprint density at radius 2 is 2.00 bits per heavy atom. The lowest BCUT2D eigenvalue weighted by Gasteiger charge is -2.38. The Bertz CT molecular complexity index is 1110. The van der Waals surface area contributed by atoms with Gasteiger partial charge < -0.3 is 9.42 Å². The summed E-state index contributed by atoms with van der Waals surface area (Å²) in [5.74, 6) is 0.652. The van der Waals surface area contributed by atoms with Crippen LogP contribution in [0.1, 0.15) is 57.1 Å². The molecular weight excluding hydrogens is 387 g/mol. The molecule has 1 fully saturated rings. The molecule has 0 saturated carbocycles. The number of amides is 2. The van der Waals surface area contributed by atoms with Crippen LogP contribution in [0, 0.1) is 5.82 Å². The van der Waals surface area contributed by atoms with E-state index in [0.717, 1.165) is 18.5 Å². The van der Waals surface area contributed by atoms with E-state index in [0.29, 0.717) is 41.9 Å². The topological polar surface area (TPSA) is 80.3 Å². The maximum atomic E-state index is 14.2. The molecule has 3 aromatic rings. The average molecular weight is 410 g/mol. The van der Waals surface area contributed by atoms with Gasteiger partial charge in [0.05, 0.1) is 23.1 Å². The number of urea groups is 1. The van der Waals surface area contributed by atoms with E-state index in [1.54, 1.807) is 17.3 Å². The fourth-order valence-corrected chi connectivity index (χ4v) is 4.23. The van der Waals surface area contributed by atoms with Crippen molar-refractivity contribution in [3.05, 3.63) is 41.9 Å². The van der Waals surface area contributed by atoms with Crippen LogP contribution in [0.2, 0.25) is 0 Å². The van der Waals surface area contributed by atoms with Gasteiger partial charge in [0.15, 0.2) is 11.5 Å². The van der Waals surface area contributed by atoms with E-state index in [1.807, 2.05) is 30.2 Å². The molecule has 30 heavy (non-hydrogen) atoms. The number of carbonyl (C=O) groups excluding carboxylic acids is 1. The summed E-state index contributed by atoms with van der Waals surface area (Å²) in [6.07, 6.45) is 3.62. The molecule has 156 valence electrons. The molecule has 2 aliphatic rings. The summed E-state index contributed by atoms with van der Waals surface area (Å²) < 4.78 is 21.5. The molecule has 9 heteroatoms. The van der Waals surface area contributed by atoms with Crippen LogP contribution >= 0.6 is 0 Å². The van der Waals surface area contributed by atoms with Crippen LogP contribution in [-0.2, 0) is 0 Å². The van der Waals surface area contributed by atoms with Crippen molar-refractivity contribution in [2.24, 2.45) is 0 Å². The first-order valence-electron chi connectivity index (χ1n) is 10.2. The molecule has 8 nitrogen and oxygen atoms in total. The monoisotopic (exact) mass is 410 g/mol. The maximum Gasteiger partial charge on any atom is 0.325 e. The summed E-state index contributed by atoms with van der Waals surface area (Å²) >= 11 is 0. The third-order valence-corrected chi connectivity index (χ3v) is 5.79. The average Bonchev–Trinajstić information content (AvgIpc) is 3.46. The van der Waals surface area contributed by atoms with Crippen LogP contribution in [-0.4, -0.2) is 43.7 Å². The number of hydrogen-bond donors (Lipinski definition) is 0. The van der Waals surface area contributed by atoms with E-state index in [2.05, 4.69) is 15.1 Å². The lowest BCUT2D eigenvalue weighted by molar-refractivity contribution is 0.213. The first-order chi connectivity index (χ1) is 14.5. The Balaban J connectivity index is 1.66. The quantitative estimate of drug-likeness (QED) is 0.630. The number of anilines is 1. The zero-order valence-corrected chi connectivity index (χ0v) is 17.2. The van der Waals surface area contributed by atoms with Crippen LogP contribution in [0.3, 0.4) is 0 Å². The van der Waals surface area contributed by atoms with Crippen LogP contribution in [0.5, 0.6) is 0 Å². The fraction of sp³-hybridized carbons (Fsp3) is 0.429. The highest BCUT2D eigenvalue weighted by Gasteiger charge is 2.39. The van der Waals surface area contributed by atoms with Gasteiger partial charge in [-0.3, -0.25) is 9.47 Å². The molecule has 0 aliphatic carbocycles. The third-order valence-electron chi connectivity index (χ3n) is 5.79. The second kappa shape index (κ2) is 6.93. The van der Waals surface area contributed by atoms with E-state index < -0.39 is 0 Å². The molecule has 0 spiro atoms. The number of benzene rings is 1. The van der Waals surface area contributed by atoms with E-state index in [-0.39, 0.29) is 23.8 Å². The second-order valence-corrected chi connectivity index (χ2v) is 8.12. The van der Waals surface area contributed by atoms with Crippen molar-refractivity contribution in [1.29, 1.82) is 0 Å². The number of rotatable bonds is 2. The summed E-state index contributed by atoms with van der Waals surface area (Å²) in [5, 5.41) is 4.04. The molecule has 1 saturated heterocycles. The third kappa shape index (κ3) is 2.79. The lowest BCUT2D eigenvalue weighted by atomic mass is 10.1. The van der Waals surface area contributed by atoms with Crippen molar-refractivity contribution in [3.8, 4) is 17.3 Å². The Morgan fingerprint density at radius 1 is 1.23 bits per heavy atom. The summed E-state index contributed by atoms with van der Waals surface area (Å²) in [6.45, 7) is 7.31. The minimum Gasteiger partial charge on any atom is -0.332 e. The highest BCUT2D eigenvalue weighted by Crippen LogP contribution is 2.43. The maximum absolute atomic E-state index is 14.2. The van der Waals surface area contributed by atoms with E-state index in [1.165, 1.54) is 12.1 Å². The number of imidazole rings is 1. The van der Waals surface area contributed by atoms with Crippen molar-refractivity contribution in [2.45, 2.75) is 45.6 Å². The minimum absolute atomic E-state index is 0.121. The fourth-order valence-electron chi connectivity index (χ4n) is 4.23. The molecule has 2 aromatic heterocycles. The van der Waals surface area contributed by atoms with Crippen molar-refractivity contribution < 1.29 is 13.7 Å². The zero-order valence-electron chi connectivity index (χ0n) is 17.2. The standard InChI is InChI=1S/C21H23FN6O2/c1-12(2)19-24-20(30-25-19)17-18-13(3)28(21(29)26-8-4-5-9-26)16-10-14(22)6-7-15(16)27(18)11-23-17/h6-7,10-13H,4-5,8-9H2,1-3H3. The van der Waals surface area contributed by atoms with Crippen LogP contribution in [0.15, 0.2) is 29.0 Å². The van der Waals surface area contributed by atoms with Gasteiger partial charge in [0.25, 0.3) is 5.89 Å². The summed E-state index contributed by atoms with van der Waals surface area (Å²) in [5.41, 5.74) is 2.53. The second-order valence-electron chi connectivity index (χ2n) is 8.12. The number of carbonyl (C=O) groups is 1. The van der Waals surface area contributed by atoms with Gasteiger partial charge in [-0.1, -0.05) is 19.0 Å². The van der Waals surface area contributed by atoms with Gasteiger partial charge >= 0.3 is 6.03 Å².